The number of hydrogen-bond acceptors (Lipinski definition) is 3. The first kappa shape index (κ1) is 10.2. The van der Waals surface area contributed by atoms with Crippen molar-refractivity contribution in [2.24, 2.45) is 0 Å². The summed E-state index contributed by atoms with van der Waals surface area (Å²) in [5.41, 5.74) is 0.888. The second-order valence-electron chi connectivity index (χ2n) is 3.31. The molecule has 1 atom stereocenters. The van der Waals surface area contributed by atoms with Gasteiger partial charge in [0.2, 0.25) is 0 Å². The van der Waals surface area contributed by atoms with Crippen LogP contribution < -0.4 is 5.32 Å². The topological polar surface area (TPSA) is 45.1 Å². The van der Waals surface area contributed by atoms with Gasteiger partial charge in [-0.05, 0) is 12.1 Å². The molecule has 0 saturated heterocycles. The van der Waals surface area contributed by atoms with Crippen LogP contribution >= 0.6 is 0 Å². The fourth-order valence-electron chi connectivity index (χ4n) is 1.22. The predicted octanol–water partition coefficient (Wildman–Crippen LogP) is 1.11. The summed E-state index contributed by atoms with van der Waals surface area (Å²) < 4.78 is 0. The number of hydrogen-bond donors (Lipinski definition) is 2. The van der Waals surface area contributed by atoms with Gasteiger partial charge in [0, 0.05) is 12.2 Å². The Bertz CT molecular complexity index is 236. The van der Waals surface area contributed by atoms with E-state index >= 15 is 0 Å². The standard InChI is InChI=1S/C10H16N2O/c1-8(2)12-10(7-13)9-5-3-4-6-11-9/h3-6,8,10,12-13H,7H2,1-2H3. The van der Waals surface area contributed by atoms with Crippen LogP contribution in [0.2, 0.25) is 0 Å². The van der Waals surface area contributed by atoms with Gasteiger partial charge in [-0.2, -0.15) is 0 Å². The molecule has 1 aromatic heterocycles. The van der Waals surface area contributed by atoms with E-state index in [1.165, 1.54) is 0 Å². The van der Waals surface area contributed by atoms with Crippen molar-refractivity contribution >= 4 is 0 Å². The van der Waals surface area contributed by atoms with Gasteiger partial charge in [0.25, 0.3) is 0 Å². The summed E-state index contributed by atoms with van der Waals surface area (Å²) in [5.74, 6) is 0. The lowest BCUT2D eigenvalue weighted by molar-refractivity contribution is 0.234. The minimum absolute atomic E-state index is 0.0544. The fraction of sp³-hybridized carbons (Fsp3) is 0.500. The van der Waals surface area contributed by atoms with Crippen LogP contribution in [0.25, 0.3) is 0 Å². The number of aliphatic hydroxyl groups excluding tert-OH is 1. The molecule has 0 radical (unpaired) electrons. The van der Waals surface area contributed by atoms with E-state index in [9.17, 15) is 0 Å². The van der Waals surface area contributed by atoms with E-state index in [4.69, 9.17) is 5.11 Å². The number of aromatic nitrogens is 1. The zero-order valence-corrected chi connectivity index (χ0v) is 8.07. The summed E-state index contributed by atoms with van der Waals surface area (Å²) in [4.78, 5) is 4.18. The van der Waals surface area contributed by atoms with E-state index in [1.807, 2.05) is 32.0 Å². The molecule has 72 valence electrons. The molecule has 2 N–H and O–H groups in total. The lowest BCUT2D eigenvalue weighted by atomic mass is 10.2. The van der Waals surface area contributed by atoms with Gasteiger partial charge < -0.3 is 10.4 Å². The van der Waals surface area contributed by atoms with E-state index in [0.29, 0.717) is 6.04 Å². The maximum atomic E-state index is 9.13. The molecule has 13 heavy (non-hydrogen) atoms. The Kier molecular flexibility index (Phi) is 3.86. The number of nitrogens with one attached hydrogen (secondary N) is 1. The Morgan fingerprint density at radius 2 is 2.23 bits per heavy atom. The van der Waals surface area contributed by atoms with E-state index in [1.54, 1.807) is 6.20 Å². The highest BCUT2D eigenvalue weighted by atomic mass is 16.3. The monoisotopic (exact) mass is 180 g/mol. The predicted molar refractivity (Wildman–Crippen MR) is 52.3 cm³/mol. The molecule has 1 aromatic rings. The van der Waals surface area contributed by atoms with E-state index in [0.717, 1.165) is 5.69 Å². The zero-order valence-electron chi connectivity index (χ0n) is 8.07. The minimum atomic E-state index is -0.0544. The molecule has 3 nitrogen and oxygen atoms in total. The second kappa shape index (κ2) is 4.94. The Labute approximate surface area is 78.8 Å². The molecule has 0 fully saturated rings. The molecule has 0 bridgehead atoms. The molecule has 0 spiro atoms. The number of aliphatic hydroxyl groups is 1. The van der Waals surface area contributed by atoms with Gasteiger partial charge in [-0.25, -0.2) is 0 Å². The molecule has 1 unspecified atom stereocenters. The summed E-state index contributed by atoms with van der Waals surface area (Å²) >= 11 is 0. The highest BCUT2D eigenvalue weighted by Crippen LogP contribution is 2.08. The summed E-state index contributed by atoms with van der Waals surface area (Å²) in [5, 5.41) is 12.4. The lowest BCUT2D eigenvalue weighted by Gasteiger charge is -2.18. The molecule has 0 aromatic carbocycles. The molecular weight excluding hydrogens is 164 g/mol. The molecule has 1 heterocycles. The van der Waals surface area contributed by atoms with E-state index < -0.39 is 0 Å². The molecule has 0 saturated carbocycles. The summed E-state index contributed by atoms with van der Waals surface area (Å²) in [7, 11) is 0. The van der Waals surface area contributed by atoms with Crippen LogP contribution in [-0.4, -0.2) is 22.7 Å². The second-order valence-corrected chi connectivity index (χ2v) is 3.31. The zero-order chi connectivity index (χ0) is 9.68. The Hall–Kier alpha value is -0.930. The van der Waals surface area contributed by atoms with Crippen LogP contribution in [0.15, 0.2) is 24.4 Å². The van der Waals surface area contributed by atoms with Crippen molar-refractivity contribution < 1.29 is 5.11 Å². The van der Waals surface area contributed by atoms with Crippen molar-refractivity contribution in [1.29, 1.82) is 0 Å². The third kappa shape index (κ3) is 3.13. The molecular formula is C10H16N2O. The van der Waals surface area contributed by atoms with Gasteiger partial charge in [0.15, 0.2) is 0 Å². The largest absolute Gasteiger partial charge is 0.394 e. The molecule has 0 aliphatic rings. The number of rotatable bonds is 4. The third-order valence-corrected chi connectivity index (χ3v) is 1.76. The van der Waals surface area contributed by atoms with Gasteiger partial charge in [-0.1, -0.05) is 19.9 Å². The first-order valence-corrected chi connectivity index (χ1v) is 4.52. The van der Waals surface area contributed by atoms with E-state index in [2.05, 4.69) is 10.3 Å². The van der Waals surface area contributed by atoms with Crippen molar-refractivity contribution in [3.8, 4) is 0 Å². The van der Waals surface area contributed by atoms with Gasteiger partial charge in [-0.15, -0.1) is 0 Å². The lowest BCUT2D eigenvalue weighted by Crippen LogP contribution is -2.31. The van der Waals surface area contributed by atoms with Crippen LogP contribution in [0.1, 0.15) is 25.6 Å². The van der Waals surface area contributed by atoms with Gasteiger partial charge in [0.05, 0.1) is 18.3 Å². The molecule has 3 heteroatoms. The van der Waals surface area contributed by atoms with Crippen LogP contribution in [-0.2, 0) is 0 Å². The van der Waals surface area contributed by atoms with Gasteiger partial charge >= 0.3 is 0 Å². The molecule has 0 aliphatic carbocycles. The van der Waals surface area contributed by atoms with Gasteiger partial charge in [-0.3, -0.25) is 4.98 Å². The average Bonchev–Trinajstić information content (AvgIpc) is 2.15. The quantitative estimate of drug-likeness (QED) is 0.729. The van der Waals surface area contributed by atoms with Crippen molar-refractivity contribution in [3.05, 3.63) is 30.1 Å². The first-order valence-electron chi connectivity index (χ1n) is 4.52. The first-order chi connectivity index (χ1) is 6.24. The Balaban J connectivity index is 2.67. The van der Waals surface area contributed by atoms with E-state index in [-0.39, 0.29) is 12.6 Å². The van der Waals surface area contributed by atoms with Gasteiger partial charge in [0.1, 0.15) is 0 Å². The Morgan fingerprint density at radius 1 is 1.46 bits per heavy atom. The third-order valence-electron chi connectivity index (χ3n) is 1.76. The maximum Gasteiger partial charge on any atom is 0.0731 e. The number of nitrogens with zero attached hydrogens (tertiary/aromatic N) is 1. The van der Waals surface area contributed by atoms with Crippen LogP contribution in [0.4, 0.5) is 0 Å². The highest BCUT2D eigenvalue weighted by molar-refractivity contribution is 5.08. The van der Waals surface area contributed by atoms with Crippen LogP contribution in [0.5, 0.6) is 0 Å². The number of pyridine rings is 1. The van der Waals surface area contributed by atoms with Crippen molar-refractivity contribution in [2.45, 2.75) is 25.9 Å². The summed E-state index contributed by atoms with van der Waals surface area (Å²) in [6.45, 7) is 4.17. The highest BCUT2D eigenvalue weighted by Gasteiger charge is 2.11. The maximum absolute atomic E-state index is 9.13. The van der Waals surface area contributed by atoms with Crippen molar-refractivity contribution in [1.82, 2.24) is 10.3 Å². The minimum Gasteiger partial charge on any atom is -0.394 e. The van der Waals surface area contributed by atoms with Crippen molar-refractivity contribution in [3.63, 3.8) is 0 Å². The molecule has 1 rings (SSSR count). The average molecular weight is 180 g/mol. The smallest absolute Gasteiger partial charge is 0.0731 e. The fourth-order valence-corrected chi connectivity index (χ4v) is 1.22. The van der Waals surface area contributed by atoms with Crippen molar-refractivity contribution in [2.75, 3.05) is 6.61 Å². The normalized spacial score (nSPS) is 13.2. The SMILES string of the molecule is CC(C)NC(CO)c1ccccn1. The van der Waals surface area contributed by atoms with Crippen LogP contribution in [0, 0.1) is 0 Å². The molecule has 0 aliphatic heterocycles. The Morgan fingerprint density at radius 3 is 2.69 bits per heavy atom. The summed E-state index contributed by atoms with van der Waals surface area (Å²) in [6, 6.07) is 6.00. The van der Waals surface area contributed by atoms with Crippen LogP contribution in [0.3, 0.4) is 0 Å². The summed E-state index contributed by atoms with van der Waals surface area (Å²) in [6.07, 6.45) is 1.74. The molecule has 0 amide bonds.